The summed E-state index contributed by atoms with van der Waals surface area (Å²) in [5.41, 5.74) is 3.76. The summed E-state index contributed by atoms with van der Waals surface area (Å²) in [6, 6.07) is 19.4. The van der Waals surface area contributed by atoms with Crippen LogP contribution in [0, 0.1) is 0 Å². The lowest BCUT2D eigenvalue weighted by molar-refractivity contribution is -0.671. The Balaban J connectivity index is 1.53. The quantitative estimate of drug-likeness (QED) is 0.434. The Kier molecular flexibility index (Phi) is 6.38. The first-order valence-electron chi connectivity index (χ1n) is 10.5. The van der Waals surface area contributed by atoms with Crippen LogP contribution in [0.25, 0.3) is 17.0 Å². The van der Waals surface area contributed by atoms with Crippen LogP contribution >= 0.6 is 11.8 Å². The maximum atomic E-state index is 11.4. The molecule has 3 aromatic rings. The molecule has 5 heteroatoms. The molecule has 0 fully saturated rings. The van der Waals surface area contributed by atoms with Crippen molar-refractivity contribution in [3.05, 3.63) is 71.4 Å². The highest BCUT2D eigenvalue weighted by Gasteiger charge is 2.22. The zero-order valence-electron chi connectivity index (χ0n) is 17.6. The van der Waals surface area contributed by atoms with Crippen molar-refractivity contribution in [2.24, 2.45) is 0 Å². The minimum Gasteiger partial charge on any atom is -0.359 e. The van der Waals surface area contributed by atoms with E-state index >= 15 is 0 Å². The van der Waals surface area contributed by atoms with Crippen LogP contribution < -0.4 is 14.8 Å². The van der Waals surface area contributed by atoms with Gasteiger partial charge in [0.1, 0.15) is 6.54 Å². The molecule has 0 atom stereocenters. The monoisotopic (exact) mass is 418 g/mol. The number of pyridine rings is 1. The molecule has 30 heavy (non-hydrogen) atoms. The number of amides is 1. The molecule has 1 amide bonds. The second-order valence-electron chi connectivity index (χ2n) is 7.58. The van der Waals surface area contributed by atoms with Crippen molar-refractivity contribution in [3.63, 3.8) is 0 Å². The summed E-state index contributed by atoms with van der Waals surface area (Å²) in [7, 11) is 3.83. The van der Waals surface area contributed by atoms with Crippen molar-refractivity contribution in [2.45, 2.75) is 37.1 Å². The van der Waals surface area contributed by atoms with E-state index < -0.39 is 0 Å². The van der Waals surface area contributed by atoms with Gasteiger partial charge >= 0.3 is 0 Å². The zero-order chi connectivity index (χ0) is 20.9. The van der Waals surface area contributed by atoms with Gasteiger partial charge in [-0.1, -0.05) is 36.0 Å². The Labute approximate surface area is 182 Å². The number of rotatable bonds is 7. The lowest BCUT2D eigenvalue weighted by Crippen LogP contribution is -2.34. The van der Waals surface area contributed by atoms with Crippen LogP contribution in [0.3, 0.4) is 0 Å². The fraction of sp³-hybridized carbons (Fsp3) is 0.280. The van der Waals surface area contributed by atoms with E-state index in [1.807, 2.05) is 11.8 Å². The van der Waals surface area contributed by atoms with Crippen LogP contribution in [-0.4, -0.2) is 20.0 Å². The molecule has 2 heterocycles. The van der Waals surface area contributed by atoms with E-state index in [2.05, 4.69) is 88.7 Å². The minimum absolute atomic E-state index is 0.127. The number of benzene rings is 2. The average molecular weight is 419 g/mol. The highest BCUT2D eigenvalue weighted by Crippen LogP contribution is 2.45. The largest absolute Gasteiger partial charge is 0.359 e. The van der Waals surface area contributed by atoms with Gasteiger partial charge in [-0.2, -0.15) is 4.57 Å². The zero-order valence-corrected chi connectivity index (χ0v) is 18.4. The first-order valence-corrected chi connectivity index (χ1v) is 11.3. The third kappa shape index (κ3) is 4.36. The summed E-state index contributed by atoms with van der Waals surface area (Å²) in [6.45, 7) is 0.963. The second kappa shape index (κ2) is 9.35. The van der Waals surface area contributed by atoms with Crippen molar-refractivity contribution in [2.75, 3.05) is 19.0 Å². The van der Waals surface area contributed by atoms with Crippen LogP contribution in [0.4, 0.5) is 5.69 Å². The first kappa shape index (κ1) is 20.5. The van der Waals surface area contributed by atoms with Crippen LogP contribution in [-0.2, 0) is 11.3 Å². The molecule has 0 saturated carbocycles. The van der Waals surface area contributed by atoms with E-state index in [4.69, 9.17) is 0 Å². The number of hydrogen-bond donors (Lipinski definition) is 1. The van der Waals surface area contributed by atoms with Gasteiger partial charge in [-0.3, -0.25) is 4.79 Å². The Morgan fingerprint density at radius 2 is 1.87 bits per heavy atom. The van der Waals surface area contributed by atoms with E-state index in [0.29, 0.717) is 6.42 Å². The molecule has 0 unspecified atom stereocenters. The number of nitrogens with zero attached hydrogens (tertiary/aromatic N) is 2. The second-order valence-corrected chi connectivity index (χ2v) is 8.64. The molecular weight excluding hydrogens is 390 g/mol. The number of fused-ring (bicyclic) bond motifs is 2. The Hall–Kier alpha value is -2.79. The highest BCUT2D eigenvalue weighted by atomic mass is 32.2. The molecule has 2 aromatic carbocycles. The fourth-order valence-corrected chi connectivity index (χ4v) is 4.98. The maximum Gasteiger partial charge on any atom is 0.219 e. The Morgan fingerprint density at radius 1 is 1.07 bits per heavy atom. The van der Waals surface area contributed by atoms with Gasteiger partial charge in [0.15, 0.2) is 6.20 Å². The number of carbonyl (C=O) groups excluding carboxylic acids is 1. The number of thioether (sulfide) groups is 1. The van der Waals surface area contributed by atoms with Gasteiger partial charge in [-0.05, 0) is 42.7 Å². The molecule has 1 aromatic heterocycles. The van der Waals surface area contributed by atoms with Crippen LogP contribution in [0.5, 0.6) is 0 Å². The molecule has 4 rings (SSSR count). The highest BCUT2D eigenvalue weighted by molar-refractivity contribution is 8.03. The molecule has 1 aliphatic heterocycles. The molecule has 1 N–H and O–H groups in total. The number of unbranched alkanes of at least 4 members (excludes halogenated alkanes) is 2. The van der Waals surface area contributed by atoms with Crippen molar-refractivity contribution in [3.8, 4) is 0 Å². The maximum absolute atomic E-state index is 11.4. The predicted molar refractivity (Wildman–Crippen MR) is 125 cm³/mol. The molecule has 0 spiro atoms. The summed E-state index contributed by atoms with van der Waals surface area (Å²) >= 11 is 1.82. The minimum atomic E-state index is 0.127. The lowest BCUT2D eigenvalue weighted by atomic mass is 10.1. The van der Waals surface area contributed by atoms with Crippen molar-refractivity contribution >= 4 is 40.3 Å². The predicted octanol–water partition coefficient (Wildman–Crippen LogP) is 4.97. The van der Waals surface area contributed by atoms with Gasteiger partial charge in [0.05, 0.1) is 16.1 Å². The number of nitrogens with one attached hydrogen (secondary N) is 1. The van der Waals surface area contributed by atoms with E-state index in [-0.39, 0.29) is 5.91 Å². The lowest BCUT2D eigenvalue weighted by Gasteiger charge is -2.13. The van der Waals surface area contributed by atoms with E-state index in [9.17, 15) is 4.79 Å². The van der Waals surface area contributed by atoms with Gasteiger partial charge in [0.2, 0.25) is 11.4 Å². The molecule has 4 nitrogen and oxygen atoms in total. The molecule has 1 aliphatic rings. The fourth-order valence-electron chi connectivity index (χ4n) is 3.88. The third-order valence-electron chi connectivity index (χ3n) is 5.59. The van der Waals surface area contributed by atoms with Gasteiger partial charge in [-0.15, -0.1) is 0 Å². The molecule has 0 radical (unpaired) electrons. The molecule has 154 valence electrons. The summed E-state index contributed by atoms with van der Waals surface area (Å²) in [4.78, 5) is 14.9. The van der Waals surface area contributed by atoms with Crippen LogP contribution in [0.2, 0.25) is 0 Å². The molecular formula is C25H28N3OS+. The van der Waals surface area contributed by atoms with E-state index in [1.54, 1.807) is 7.05 Å². The summed E-state index contributed by atoms with van der Waals surface area (Å²) in [5, 5.41) is 5.20. The smallest absolute Gasteiger partial charge is 0.219 e. The summed E-state index contributed by atoms with van der Waals surface area (Å²) in [5.74, 6) is 0.127. The van der Waals surface area contributed by atoms with Gasteiger partial charge in [0, 0.05) is 44.0 Å². The number of carbonyl (C=O) groups is 1. The van der Waals surface area contributed by atoms with Crippen molar-refractivity contribution in [1.82, 2.24) is 5.32 Å². The SMILES string of the molecule is CNC(=O)CCCCC[n+]1ccc(C=C2Sc3ccccc3N2C)c2ccccc21. The Morgan fingerprint density at radius 3 is 2.70 bits per heavy atom. The molecule has 0 aliphatic carbocycles. The van der Waals surface area contributed by atoms with Crippen LogP contribution in [0.15, 0.2) is 70.7 Å². The van der Waals surface area contributed by atoms with E-state index in [0.717, 1.165) is 25.8 Å². The molecule has 0 bridgehead atoms. The number of anilines is 1. The normalized spacial score (nSPS) is 14.3. The standard InChI is InChI=1S/C25H27N3OS/c1-26-24(29)14-4-3-9-16-28-17-15-19(20-10-5-6-11-21(20)28)18-25-27(2)22-12-7-8-13-23(22)30-25/h5-8,10-13,15,17-18H,3-4,9,14,16H2,1-2H3/p+1. The first-order chi connectivity index (χ1) is 14.7. The van der Waals surface area contributed by atoms with Gasteiger partial charge in [0.25, 0.3) is 0 Å². The Bertz CT molecular complexity index is 1090. The molecule has 0 saturated heterocycles. The average Bonchev–Trinajstić information content (AvgIpc) is 3.10. The summed E-state index contributed by atoms with van der Waals surface area (Å²) in [6.07, 6.45) is 8.16. The topological polar surface area (TPSA) is 36.2 Å². The van der Waals surface area contributed by atoms with Crippen molar-refractivity contribution < 1.29 is 9.36 Å². The van der Waals surface area contributed by atoms with E-state index in [1.165, 1.54) is 32.1 Å². The number of para-hydroxylation sites is 2. The van der Waals surface area contributed by atoms with Gasteiger partial charge in [-0.25, -0.2) is 0 Å². The number of aryl methyl sites for hydroxylation is 1. The summed E-state index contributed by atoms with van der Waals surface area (Å²) < 4.78 is 2.33. The van der Waals surface area contributed by atoms with Crippen LogP contribution in [0.1, 0.15) is 31.2 Å². The number of hydrogen-bond acceptors (Lipinski definition) is 3. The van der Waals surface area contributed by atoms with Gasteiger partial charge < -0.3 is 10.2 Å². The van der Waals surface area contributed by atoms with Crippen molar-refractivity contribution in [1.29, 1.82) is 0 Å². The third-order valence-corrected chi connectivity index (χ3v) is 6.76. The number of aromatic nitrogens is 1.